The number of hydrogen-bond donors (Lipinski definition) is 0. The van der Waals surface area contributed by atoms with E-state index in [1.165, 1.54) is 122 Å². The van der Waals surface area contributed by atoms with Crippen LogP contribution in [0.3, 0.4) is 0 Å². The van der Waals surface area contributed by atoms with Crippen molar-refractivity contribution < 1.29 is 0 Å². The summed E-state index contributed by atoms with van der Waals surface area (Å²) in [4.78, 5) is 0. The van der Waals surface area contributed by atoms with Crippen molar-refractivity contribution >= 4 is 54.2 Å². The van der Waals surface area contributed by atoms with Crippen LogP contribution in [0.5, 0.6) is 0 Å². The molecule has 9 aromatic rings. The van der Waals surface area contributed by atoms with Gasteiger partial charge in [-0.2, -0.15) is 0 Å². The second kappa shape index (κ2) is 14.8. The van der Waals surface area contributed by atoms with Crippen LogP contribution in [0.25, 0.3) is 87.6 Å². The minimum atomic E-state index is 0.634. The fourth-order valence-corrected chi connectivity index (χ4v) is 10.0. The van der Waals surface area contributed by atoms with Crippen LogP contribution in [0.15, 0.2) is 176 Å². The smallest absolute Gasteiger partial charge is 0.00201 e. The van der Waals surface area contributed by atoms with Gasteiger partial charge in [0.2, 0.25) is 0 Å². The predicted molar refractivity (Wildman–Crippen MR) is 252 cm³/mol. The lowest BCUT2D eigenvalue weighted by Crippen LogP contribution is -1.98. The molecule has 9 aromatic carbocycles. The molecule has 0 nitrogen and oxygen atoms in total. The van der Waals surface area contributed by atoms with E-state index in [9.17, 15) is 0 Å². The van der Waals surface area contributed by atoms with E-state index in [0.29, 0.717) is 5.92 Å². The van der Waals surface area contributed by atoms with Crippen molar-refractivity contribution in [1.82, 2.24) is 0 Å². The SMILES string of the molecule is CCC1CC=C(c2ccc(-c3c4ccccc4c(-c4cccc5c(-c6c(C)cc(C)cc6C)cccc45)c4ccccc34)cc2)C=C(c2ccc3ccccc3c2)C1. The first-order chi connectivity index (χ1) is 28.4. The summed E-state index contributed by atoms with van der Waals surface area (Å²) in [6.07, 6.45) is 8.31. The highest BCUT2D eigenvalue weighted by Crippen LogP contribution is 2.47. The standard InChI is InChI=1S/C58H48/c1-5-40-24-25-45(36-47(34-40)46-31-28-41-14-6-7-15-44(41)35-46)42-26-29-43(30-27-42)57-52-16-8-10-18-54(52)58(55-19-11-9-17-53(55)57)51-23-13-20-48-49(51)21-12-22-50(48)56-38(3)32-37(2)33-39(56)4/h6-23,25-33,35-36,40H,5,24,34H2,1-4H3. The third-order valence-corrected chi connectivity index (χ3v) is 12.8. The Bertz CT molecular complexity index is 3030. The van der Waals surface area contributed by atoms with Gasteiger partial charge in [-0.3, -0.25) is 0 Å². The van der Waals surface area contributed by atoms with Crippen LogP contribution in [0.2, 0.25) is 0 Å². The van der Waals surface area contributed by atoms with Gasteiger partial charge >= 0.3 is 0 Å². The summed E-state index contributed by atoms with van der Waals surface area (Å²) >= 11 is 0. The van der Waals surface area contributed by atoms with Crippen molar-refractivity contribution in [2.45, 2.75) is 47.0 Å². The normalized spacial score (nSPS) is 14.5. The number of rotatable bonds is 6. The first-order valence-corrected chi connectivity index (χ1v) is 21.0. The van der Waals surface area contributed by atoms with Crippen molar-refractivity contribution in [2.75, 3.05) is 0 Å². The molecule has 1 aliphatic rings. The quantitative estimate of drug-likeness (QED) is 0.149. The number of aryl methyl sites for hydroxylation is 3. The zero-order valence-electron chi connectivity index (χ0n) is 33.9. The van der Waals surface area contributed by atoms with E-state index < -0.39 is 0 Å². The molecule has 0 saturated heterocycles. The molecule has 280 valence electrons. The van der Waals surface area contributed by atoms with Crippen molar-refractivity contribution in [3.8, 4) is 33.4 Å². The van der Waals surface area contributed by atoms with Gasteiger partial charge in [-0.15, -0.1) is 0 Å². The average Bonchev–Trinajstić information content (AvgIpc) is 3.48. The summed E-state index contributed by atoms with van der Waals surface area (Å²) in [5.41, 5.74) is 17.1. The molecule has 0 spiro atoms. The molecule has 1 unspecified atom stereocenters. The maximum absolute atomic E-state index is 2.48. The molecule has 0 aromatic heterocycles. The number of hydrogen-bond acceptors (Lipinski definition) is 0. The molecule has 0 amide bonds. The van der Waals surface area contributed by atoms with Crippen molar-refractivity contribution in [3.05, 3.63) is 204 Å². The Balaban J connectivity index is 1.11. The van der Waals surface area contributed by atoms with Gasteiger partial charge in [0, 0.05) is 0 Å². The molecule has 0 heterocycles. The van der Waals surface area contributed by atoms with Crippen LogP contribution < -0.4 is 0 Å². The second-order valence-electron chi connectivity index (χ2n) is 16.5. The largest absolute Gasteiger partial charge is 0.0764 e. The van der Waals surface area contributed by atoms with E-state index in [1.54, 1.807) is 0 Å². The minimum absolute atomic E-state index is 0.634. The molecule has 58 heavy (non-hydrogen) atoms. The van der Waals surface area contributed by atoms with Gasteiger partial charge in [0.1, 0.15) is 0 Å². The molecule has 0 N–H and O–H groups in total. The molecule has 0 heteroatoms. The first-order valence-electron chi connectivity index (χ1n) is 21.0. The molecular weight excluding hydrogens is 697 g/mol. The van der Waals surface area contributed by atoms with E-state index in [1.807, 2.05) is 0 Å². The second-order valence-corrected chi connectivity index (χ2v) is 16.5. The molecule has 0 radical (unpaired) electrons. The Morgan fingerprint density at radius 1 is 0.448 bits per heavy atom. The van der Waals surface area contributed by atoms with Gasteiger partial charge in [0.05, 0.1) is 0 Å². The molecule has 0 saturated carbocycles. The van der Waals surface area contributed by atoms with E-state index in [0.717, 1.165) is 12.8 Å². The topological polar surface area (TPSA) is 0 Å². The maximum Gasteiger partial charge on any atom is -0.00201 e. The summed E-state index contributed by atoms with van der Waals surface area (Å²) in [5, 5.41) is 10.3. The molecular formula is C58H48. The predicted octanol–water partition coefficient (Wildman–Crippen LogP) is 16.5. The van der Waals surface area contributed by atoms with Crippen LogP contribution in [0.4, 0.5) is 0 Å². The number of benzene rings is 9. The lowest BCUT2D eigenvalue weighted by molar-refractivity contribution is 0.533. The van der Waals surface area contributed by atoms with Crippen molar-refractivity contribution in [2.24, 2.45) is 5.92 Å². The summed E-state index contributed by atoms with van der Waals surface area (Å²) in [6, 6.07) is 61.5. The van der Waals surface area contributed by atoms with Gasteiger partial charge < -0.3 is 0 Å². The van der Waals surface area contributed by atoms with Crippen LogP contribution in [0.1, 0.15) is 54.0 Å². The summed E-state index contributed by atoms with van der Waals surface area (Å²) in [7, 11) is 0. The summed E-state index contributed by atoms with van der Waals surface area (Å²) < 4.78 is 0. The maximum atomic E-state index is 2.48. The Hall–Kier alpha value is -6.50. The highest BCUT2D eigenvalue weighted by Gasteiger charge is 2.20. The fourth-order valence-electron chi connectivity index (χ4n) is 10.0. The van der Waals surface area contributed by atoms with Crippen molar-refractivity contribution in [1.29, 1.82) is 0 Å². The molecule has 0 fully saturated rings. The van der Waals surface area contributed by atoms with E-state index in [-0.39, 0.29) is 0 Å². The molecule has 1 aliphatic carbocycles. The fraction of sp³-hybridized carbons (Fsp3) is 0.138. The van der Waals surface area contributed by atoms with E-state index in [4.69, 9.17) is 0 Å². The minimum Gasteiger partial charge on any atom is -0.0764 e. The van der Waals surface area contributed by atoms with E-state index >= 15 is 0 Å². The van der Waals surface area contributed by atoms with Gasteiger partial charge in [-0.05, 0) is 155 Å². The Kier molecular flexibility index (Phi) is 9.14. The molecule has 0 aliphatic heterocycles. The first kappa shape index (κ1) is 35.9. The van der Waals surface area contributed by atoms with E-state index in [2.05, 4.69) is 204 Å². The summed E-state index contributed by atoms with van der Waals surface area (Å²) in [5.74, 6) is 0.634. The van der Waals surface area contributed by atoms with Gasteiger partial charge in [-0.1, -0.05) is 189 Å². The van der Waals surface area contributed by atoms with Crippen molar-refractivity contribution in [3.63, 3.8) is 0 Å². The summed E-state index contributed by atoms with van der Waals surface area (Å²) in [6.45, 7) is 9.02. The highest BCUT2D eigenvalue weighted by atomic mass is 14.2. The number of allylic oxidation sites excluding steroid dienone is 4. The Labute approximate surface area is 342 Å². The van der Waals surface area contributed by atoms with Crippen LogP contribution >= 0.6 is 0 Å². The van der Waals surface area contributed by atoms with Crippen LogP contribution in [-0.2, 0) is 0 Å². The molecule has 10 rings (SSSR count). The molecule has 0 bridgehead atoms. The Morgan fingerprint density at radius 2 is 0.966 bits per heavy atom. The average molecular weight is 745 g/mol. The Morgan fingerprint density at radius 3 is 1.59 bits per heavy atom. The number of fused-ring (bicyclic) bond motifs is 4. The lowest BCUT2D eigenvalue weighted by atomic mass is 9.83. The zero-order chi connectivity index (χ0) is 39.3. The molecule has 1 atom stereocenters. The van der Waals surface area contributed by atoms with Gasteiger partial charge in [0.15, 0.2) is 0 Å². The lowest BCUT2D eigenvalue weighted by Gasteiger charge is -2.20. The van der Waals surface area contributed by atoms with Gasteiger partial charge in [-0.25, -0.2) is 0 Å². The van der Waals surface area contributed by atoms with Gasteiger partial charge in [0.25, 0.3) is 0 Å². The third kappa shape index (κ3) is 6.25. The zero-order valence-corrected chi connectivity index (χ0v) is 33.9. The highest BCUT2D eigenvalue weighted by molar-refractivity contribution is 6.24. The van der Waals surface area contributed by atoms with Crippen LogP contribution in [-0.4, -0.2) is 0 Å². The van der Waals surface area contributed by atoms with Crippen LogP contribution in [0, 0.1) is 26.7 Å². The monoisotopic (exact) mass is 744 g/mol. The third-order valence-electron chi connectivity index (χ3n) is 12.8.